The smallest absolute Gasteiger partial charge is 0.122 e. The molecule has 0 heterocycles. The Kier molecular flexibility index (Phi) is 6.16. The van der Waals surface area contributed by atoms with Crippen LogP contribution < -0.4 is 10.1 Å². The Morgan fingerprint density at radius 2 is 2.06 bits per heavy atom. The third-order valence-electron chi connectivity index (χ3n) is 3.47. The first-order chi connectivity index (χ1) is 8.61. The molecule has 3 nitrogen and oxygen atoms in total. The van der Waals surface area contributed by atoms with Crippen LogP contribution in [-0.2, 0) is 6.42 Å². The van der Waals surface area contributed by atoms with E-state index in [1.165, 1.54) is 11.1 Å². The van der Waals surface area contributed by atoms with Gasteiger partial charge >= 0.3 is 0 Å². The highest BCUT2D eigenvalue weighted by Gasteiger charge is 2.15. The van der Waals surface area contributed by atoms with E-state index in [4.69, 9.17) is 4.74 Å². The van der Waals surface area contributed by atoms with Crippen molar-refractivity contribution in [3.8, 4) is 5.75 Å². The Bertz CT molecular complexity index is 364. The van der Waals surface area contributed by atoms with Crippen molar-refractivity contribution in [2.45, 2.75) is 25.8 Å². The summed E-state index contributed by atoms with van der Waals surface area (Å²) in [6, 6.07) is 6.75. The molecule has 102 valence electrons. The highest BCUT2D eigenvalue weighted by Crippen LogP contribution is 2.29. The van der Waals surface area contributed by atoms with Gasteiger partial charge in [-0.2, -0.15) is 0 Å². The second-order valence-corrected chi connectivity index (χ2v) is 4.87. The van der Waals surface area contributed by atoms with E-state index in [-0.39, 0.29) is 0 Å². The van der Waals surface area contributed by atoms with Gasteiger partial charge < -0.3 is 15.0 Å². The lowest BCUT2D eigenvalue weighted by Gasteiger charge is -2.24. The van der Waals surface area contributed by atoms with Crippen molar-refractivity contribution in [2.75, 3.05) is 34.8 Å². The van der Waals surface area contributed by atoms with Gasteiger partial charge in [0.15, 0.2) is 0 Å². The molecule has 0 spiro atoms. The second-order valence-electron chi connectivity index (χ2n) is 4.87. The topological polar surface area (TPSA) is 24.5 Å². The van der Waals surface area contributed by atoms with E-state index >= 15 is 0 Å². The van der Waals surface area contributed by atoms with E-state index in [9.17, 15) is 0 Å². The van der Waals surface area contributed by atoms with Gasteiger partial charge in [0.2, 0.25) is 0 Å². The van der Waals surface area contributed by atoms with Gasteiger partial charge in [-0.05, 0) is 64.6 Å². The van der Waals surface area contributed by atoms with Crippen molar-refractivity contribution >= 4 is 0 Å². The number of hydrogen-bond donors (Lipinski definition) is 1. The quantitative estimate of drug-likeness (QED) is 0.752. The van der Waals surface area contributed by atoms with Crippen LogP contribution in [0.1, 0.15) is 30.5 Å². The Hall–Kier alpha value is -1.06. The molecule has 0 saturated heterocycles. The van der Waals surface area contributed by atoms with Crippen LogP contribution in [0.15, 0.2) is 18.2 Å². The number of benzene rings is 1. The number of ether oxygens (including phenoxy) is 1. The van der Waals surface area contributed by atoms with E-state index < -0.39 is 0 Å². The Morgan fingerprint density at radius 1 is 1.33 bits per heavy atom. The molecular formula is C15H26N2O. The van der Waals surface area contributed by atoms with Gasteiger partial charge in [0.25, 0.3) is 0 Å². The molecule has 0 aliphatic heterocycles. The molecular weight excluding hydrogens is 224 g/mol. The van der Waals surface area contributed by atoms with Crippen LogP contribution in [-0.4, -0.2) is 39.7 Å². The summed E-state index contributed by atoms with van der Waals surface area (Å²) in [5.74, 6) is 1.01. The molecule has 0 aromatic heterocycles. The molecule has 1 aromatic rings. The minimum atomic E-state index is 0.407. The van der Waals surface area contributed by atoms with E-state index in [2.05, 4.69) is 49.4 Å². The van der Waals surface area contributed by atoms with Crippen LogP contribution in [0.2, 0.25) is 0 Å². The zero-order valence-electron chi connectivity index (χ0n) is 12.3. The Labute approximate surface area is 111 Å². The molecule has 0 fully saturated rings. The fraction of sp³-hybridized carbons (Fsp3) is 0.600. The predicted octanol–water partition coefficient (Wildman–Crippen LogP) is 2.47. The average molecular weight is 250 g/mol. The fourth-order valence-electron chi connectivity index (χ4n) is 2.15. The Morgan fingerprint density at radius 3 is 2.61 bits per heavy atom. The van der Waals surface area contributed by atoms with Crippen LogP contribution in [0.3, 0.4) is 0 Å². The minimum absolute atomic E-state index is 0.407. The summed E-state index contributed by atoms with van der Waals surface area (Å²) in [4.78, 5) is 2.23. The molecule has 0 radical (unpaired) electrons. The first kappa shape index (κ1) is 15.0. The molecule has 18 heavy (non-hydrogen) atoms. The Balaban J connectivity index is 3.00. The molecule has 0 bridgehead atoms. The zero-order chi connectivity index (χ0) is 13.5. The third-order valence-corrected chi connectivity index (χ3v) is 3.47. The fourth-order valence-corrected chi connectivity index (χ4v) is 2.15. The molecule has 0 aliphatic rings. The van der Waals surface area contributed by atoms with E-state index in [1.807, 2.05) is 7.05 Å². The van der Waals surface area contributed by atoms with E-state index in [0.717, 1.165) is 25.1 Å². The molecule has 1 unspecified atom stereocenters. The number of rotatable bonds is 7. The van der Waals surface area contributed by atoms with Gasteiger partial charge in [0.05, 0.1) is 7.11 Å². The third kappa shape index (κ3) is 3.72. The van der Waals surface area contributed by atoms with Crippen LogP contribution in [0.25, 0.3) is 0 Å². The zero-order valence-corrected chi connectivity index (χ0v) is 12.3. The number of nitrogens with zero attached hydrogens (tertiary/aromatic N) is 1. The summed E-state index contributed by atoms with van der Waals surface area (Å²) in [5, 5.41) is 3.20. The van der Waals surface area contributed by atoms with Gasteiger partial charge in [-0.25, -0.2) is 0 Å². The number of hydrogen-bond acceptors (Lipinski definition) is 3. The van der Waals surface area contributed by atoms with E-state index in [0.29, 0.717) is 6.04 Å². The lowest BCUT2D eigenvalue weighted by molar-refractivity contribution is 0.317. The minimum Gasteiger partial charge on any atom is -0.496 e. The van der Waals surface area contributed by atoms with Crippen molar-refractivity contribution in [3.05, 3.63) is 29.3 Å². The normalized spacial score (nSPS) is 12.8. The van der Waals surface area contributed by atoms with E-state index in [1.54, 1.807) is 7.11 Å². The SMILES string of the molecule is CNCCCc1c(OC)cccc1C(C)N(C)C. The molecule has 0 aliphatic carbocycles. The van der Waals surface area contributed by atoms with Crippen LogP contribution >= 0.6 is 0 Å². The lowest BCUT2D eigenvalue weighted by Crippen LogP contribution is -2.19. The molecule has 0 amide bonds. The van der Waals surface area contributed by atoms with Gasteiger partial charge in [0.1, 0.15) is 5.75 Å². The van der Waals surface area contributed by atoms with Crippen molar-refractivity contribution in [2.24, 2.45) is 0 Å². The maximum Gasteiger partial charge on any atom is 0.122 e. The number of nitrogens with one attached hydrogen (secondary N) is 1. The molecule has 1 atom stereocenters. The van der Waals surface area contributed by atoms with Crippen LogP contribution in [0.5, 0.6) is 5.75 Å². The summed E-state index contributed by atoms with van der Waals surface area (Å²) in [7, 11) is 7.97. The van der Waals surface area contributed by atoms with Crippen molar-refractivity contribution in [3.63, 3.8) is 0 Å². The first-order valence-electron chi connectivity index (χ1n) is 6.58. The maximum absolute atomic E-state index is 5.51. The number of methoxy groups -OCH3 is 1. The van der Waals surface area contributed by atoms with Gasteiger partial charge in [-0.1, -0.05) is 12.1 Å². The standard InChI is InChI=1S/C15H26N2O/c1-12(17(3)4)13-8-6-10-15(18-5)14(13)9-7-11-16-2/h6,8,10,12,16H,7,9,11H2,1-5H3. The van der Waals surface area contributed by atoms with Gasteiger partial charge in [-0.3, -0.25) is 0 Å². The summed E-state index contributed by atoms with van der Waals surface area (Å²) < 4.78 is 5.51. The average Bonchev–Trinajstić information content (AvgIpc) is 2.38. The van der Waals surface area contributed by atoms with Crippen molar-refractivity contribution < 1.29 is 4.74 Å². The maximum atomic E-state index is 5.51. The summed E-state index contributed by atoms with van der Waals surface area (Å²) in [6.45, 7) is 3.27. The van der Waals surface area contributed by atoms with Gasteiger partial charge in [0, 0.05) is 6.04 Å². The van der Waals surface area contributed by atoms with Gasteiger partial charge in [-0.15, -0.1) is 0 Å². The highest BCUT2D eigenvalue weighted by atomic mass is 16.5. The predicted molar refractivity (Wildman–Crippen MR) is 77.3 cm³/mol. The molecule has 1 N–H and O–H groups in total. The van der Waals surface area contributed by atoms with Crippen molar-refractivity contribution in [1.29, 1.82) is 0 Å². The second kappa shape index (κ2) is 7.39. The molecule has 0 saturated carbocycles. The molecule has 1 aromatic carbocycles. The molecule has 1 rings (SSSR count). The lowest BCUT2D eigenvalue weighted by atomic mass is 9.96. The largest absolute Gasteiger partial charge is 0.496 e. The highest BCUT2D eigenvalue weighted by molar-refractivity contribution is 5.42. The monoisotopic (exact) mass is 250 g/mol. The summed E-state index contributed by atoms with van der Waals surface area (Å²) in [5.41, 5.74) is 2.71. The summed E-state index contributed by atoms with van der Waals surface area (Å²) in [6.07, 6.45) is 2.18. The summed E-state index contributed by atoms with van der Waals surface area (Å²) >= 11 is 0. The van der Waals surface area contributed by atoms with Crippen LogP contribution in [0.4, 0.5) is 0 Å². The van der Waals surface area contributed by atoms with Crippen LogP contribution in [0, 0.1) is 0 Å². The molecule has 3 heteroatoms. The first-order valence-corrected chi connectivity index (χ1v) is 6.58. The van der Waals surface area contributed by atoms with Crippen molar-refractivity contribution in [1.82, 2.24) is 10.2 Å².